The van der Waals surface area contributed by atoms with Crippen LogP contribution < -0.4 is 0 Å². The first-order valence-electron chi connectivity index (χ1n) is 8.43. The number of carbonyl (C=O) groups is 1. The highest BCUT2D eigenvalue weighted by Crippen LogP contribution is 2.37. The predicted molar refractivity (Wildman–Crippen MR) is 92.6 cm³/mol. The molecule has 0 spiro atoms. The van der Waals surface area contributed by atoms with Crippen LogP contribution in [-0.4, -0.2) is 32.3 Å². The number of amides is 1. The summed E-state index contributed by atoms with van der Waals surface area (Å²) in [5, 5.41) is 1.04. The number of nitrogens with zero attached hydrogens (tertiary/aromatic N) is 3. The van der Waals surface area contributed by atoms with Gasteiger partial charge in [0, 0.05) is 24.0 Å². The normalized spacial score (nSPS) is 16.8. The van der Waals surface area contributed by atoms with Crippen LogP contribution in [0.5, 0.6) is 0 Å². The molecule has 4 aromatic rings. The molecule has 0 aliphatic carbocycles. The van der Waals surface area contributed by atoms with E-state index < -0.39 is 6.04 Å². The van der Waals surface area contributed by atoms with Crippen molar-refractivity contribution in [2.75, 3.05) is 6.54 Å². The number of imidazole rings is 1. The molecule has 1 aliphatic rings. The Hall–Kier alpha value is -3.35. The molecule has 0 bridgehead atoms. The van der Waals surface area contributed by atoms with Gasteiger partial charge in [0.15, 0.2) is 6.39 Å². The third kappa shape index (κ3) is 2.17. The van der Waals surface area contributed by atoms with Crippen LogP contribution in [0.2, 0.25) is 0 Å². The molecule has 4 heterocycles. The van der Waals surface area contributed by atoms with E-state index in [1.807, 2.05) is 31.2 Å². The zero-order chi connectivity index (χ0) is 17.7. The Labute approximate surface area is 148 Å². The van der Waals surface area contributed by atoms with E-state index in [1.165, 1.54) is 12.6 Å². The lowest BCUT2D eigenvalue weighted by Gasteiger charge is -2.33. The Balaban J connectivity index is 1.66. The van der Waals surface area contributed by atoms with E-state index in [-0.39, 0.29) is 11.7 Å². The maximum absolute atomic E-state index is 13.0. The lowest BCUT2D eigenvalue weighted by Crippen LogP contribution is -2.40. The zero-order valence-corrected chi connectivity index (χ0v) is 14.1. The second-order valence-electron chi connectivity index (χ2n) is 6.42. The first-order valence-corrected chi connectivity index (χ1v) is 8.43. The molecule has 0 radical (unpaired) electrons. The van der Waals surface area contributed by atoms with Crippen molar-refractivity contribution in [2.24, 2.45) is 0 Å². The van der Waals surface area contributed by atoms with Gasteiger partial charge in [0.25, 0.3) is 5.91 Å². The van der Waals surface area contributed by atoms with Crippen molar-refractivity contribution in [2.45, 2.75) is 19.4 Å². The highest BCUT2D eigenvalue weighted by atomic mass is 16.4. The first-order chi connectivity index (χ1) is 12.7. The number of aryl methyl sites for hydroxylation is 1. The molecule has 1 aromatic carbocycles. The van der Waals surface area contributed by atoms with Gasteiger partial charge in [-0.15, -0.1) is 0 Å². The average Bonchev–Trinajstić information content (AvgIpc) is 3.39. The van der Waals surface area contributed by atoms with Crippen molar-refractivity contribution < 1.29 is 13.6 Å². The van der Waals surface area contributed by atoms with Crippen LogP contribution in [0.3, 0.4) is 0 Å². The number of nitrogens with one attached hydrogen (secondary N) is 1. The summed E-state index contributed by atoms with van der Waals surface area (Å²) in [6.45, 7) is 2.58. The SMILES string of the molecule is Cc1cccc2oc([C@H]3c4nc[nH]c4CCN3C(=O)c3cnco3)cc12. The van der Waals surface area contributed by atoms with Crippen molar-refractivity contribution in [3.63, 3.8) is 0 Å². The van der Waals surface area contributed by atoms with E-state index in [4.69, 9.17) is 8.83 Å². The number of aromatic nitrogens is 3. The largest absolute Gasteiger partial charge is 0.458 e. The first kappa shape index (κ1) is 14.9. The Morgan fingerprint density at radius 2 is 2.31 bits per heavy atom. The summed E-state index contributed by atoms with van der Waals surface area (Å²) in [7, 11) is 0. The van der Waals surface area contributed by atoms with Crippen LogP contribution in [0.1, 0.15) is 39.3 Å². The predicted octanol–water partition coefficient (Wildman–Crippen LogP) is 3.24. The fraction of sp³-hybridized carbons (Fsp3) is 0.211. The molecular weight excluding hydrogens is 332 g/mol. The van der Waals surface area contributed by atoms with Gasteiger partial charge in [-0.3, -0.25) is 4.79 Å². The van der Waals surface area contributed by atoms with Gasteiger partial charge in [-0.1, -0.05) is 12.1 Å². The van der Waals surface area contributed by atoms with Crippen molar-refractivity contribution in [3.05, 3.63) is 71.7 Å². The molecule has 0 saturated carbocycles. The number of fused-ring (bicyclic) bond motifs is 2. The molecule has 3 aromatic heterocycles. The molecular formula is C19H16N4O3. The van der Waals surface area contributed by atoms with Crippen LogP contribution in [-0.2, 0) is 6.42 Å². The number of aromatic amines is 1. The summed E-state index contributed by atoms with van der Waals surface area (Å²) in [4.78, 5) is 26.2. The van der Waals surface area contributed by atoms with E-state index in [0.717, 1.165) is 27.9 Å². The van der Waals surface area contributed by atoms with Crippen LogP contribution in [0.4, 0.5) is 0 Å². The molecule has 0 fully saturated rings. The van der Waals surface area contributed by atoms with Gasteiger partial charge < -0.3 is 18.7 Å². The van der Waals surface area contributed by atoms with Crippen LogP contribution in [0.25, 0.3) is 11.0 Å². The number of hydrogen-bond donors (Lipinski definition) is 1. The maximum atomic E-state index is 13.0. The van der Waals surface area contributed by atoms with Crippen LogP contribution in [0, 0.1) is 6.92 Å². The van der Waals surface area contributed by atoms with Gasteiger partial charge in [-0.2, -0.15) is 0 Å². The van der Waals surface area contributed by atoms with E-state index in [9.17, 15) is 4.79 Å². The zero-order valence-electron chi connectivity index (χ0n) is 14.1. The molecule has 1 aliphatic heterocycles. The number of benzene rings is 1. The topological polar surface area (TPSA) is 88.2 Å². The fourth-order valence-electron chi connectivity index (χ4n) is 3.61. The minimum absolute atomic E-state index is 0.210. The van der Waals surface area contributed by atoms with Crippen LogP contribution in [0.15, 0.2) is 52.0 Å². The van der Waals surface area contributed by atoms with Gasteiger partial charge in [0.2, 0.25) is 5.76 Å². The number of carbonyl (C=O) groups excluding carboxylic acids is 1. The molecule has 130 valence electrons. The summed E-state index contributed by atoms with van der Waals surface area (Å²) in [5.41, 5.74) is 3.76. The number of rotatable bonds is 2. The summed E-state index contributed by atoms with van der Waals surface area (Å²) < 4.78 is 11.3. The van der Waals surface area contributed by atoms with E-state index >= 15 is 0 Å². The van der Waals surface area contributed by atoms with Gasteiger partial charge in [-0.05, 0) is 24.6 Å². The fourth-order valence-corrected chi connectivity index (χ4v) is 3.61. The molecule has 26 heavy (non-hydrogen) atoms. The second kappa shape index (κ2) is 5.59. The van der Waals surface area contributed by atoms with Crippen molar-refractivity contribution in [1.29, 1.82) is 0 Å². The lowest BCUT2D eigenvalue weighted by molar-refractivity contribution is 0.0640. The monoisotopic (exact) mass is 348 g/mol. The third-order valence-electron chi connectivity index (χ3n) is 4.90. The highest BCUT2D eigenvalue weighted by molar-refractivity contribution is 5.92. The Bertz CT molecular complexity index is 1090. The molecule has 1 amide bonds. The summed E-state index contributed by atoms with van der Waals surface area (Å²) >= 11 is 0. The standard InChI is InChI=1S/C19H16N4O3/c1-11-3-2-4-14-12(11)7-15(26-14)18-17-13(21-9-22-17)5-6-23(18)19(24)16-8-20-10-25-16/h2-4,7-10,18H,5-6H2,1H3,(H,21,22)/t18-/m0/s1. The Morgan fingerprint density at radius 3 is 3.12 bits per heavy atom. The van der Waals surface area contributed by atoms with E-state index in [0.29, 0.717) is 18.7 Å². The van der Waals surface area contributed by atoms with Gasteiger partial charge in [0.1, 0.15) is 17.4 Å². The Kier molecular flexibility index (Phi) is 3.21. The van der Waals surface area contributed by atoms with E-state index in [2.05, 4.69) is 15.0 Å². The Morgan fingerprint density at radius 1 is 1.38 bits per heavy atom. The van der Waals surface area contributed by atoms with Gasteiger partial charge in [0.05, 0.1) is 18.2 Å². The van der Waals surface area contributed by atoms with E-state index in [1.54, 1.807) is 11.2 Å². The molecule has 5 rings (SSSR count). The lowest BCUT2D eigenvalue weighted by atomic mass is 9.99. The maximum Gasteiger partial charge on any atom is 0.292 e. The molecule has 1 atom stereocenters. The molecule has 0 unspecified atom stereocenters. The second-order valence-corrected chi connectivity index (χ2v) is 6.42. The molecule has 7 heteroatoms. The smallest absolute Gasteiger partial charge is 0.292 e. The molecule has 1 N–H and O–H groups in total. The minimum Gasteiger partial charge on any atom is -0.458 e. The third-order valence-corrected chi connectivity index (χ3v) is 4.90. The quantitative estimate of drug-likeness (QED) is 0.601. The van der Waals surface area contributed by atoms with Crippen molar-refractivity contribution in [3.8, 4) is 0 Å². The number of furan rings is 1. The van der Waals surface area contributed by atoms with Crippen molar-refractivity contribution >= 4 is 16.9 Å². The number of oxazole rings is 1. The van der Waals surface area contributed by atoms with Gasteiger partial charge >= 0.3 is 0 Å². The highest BCUT2D eigenvalue weighted by Gasteiger charge is 2.37. The summed E-state index contributed by atoms with van der Waals surface area (Å²) in [5.74, 6) is 0.676. The van der Waals surface area contributed by atoms with Gasteiger partial charge in [-0.25, -0.2) is 9.97 Å². The average molecular weight is 348 g/mol. The molecule has 7 nitrogen and oxygen atoms in total. The van der Waals surface area contributed by atoms with Crippen molar-refractivity contribution in [1.82, 2.24) is 19.9 Å². The minimum atomic E-state index is -0.408. The van der Waals surface area contributed by atoms with Crippen LogP contribution >= 0.6 is 0 Å². The number of hydrogen-bond acceptors (Lipinski definition) is 5. The molecule has 0 saturated heterocycles. The number of H-pyrrole nitrogens is 1. The summed E-state index contributed by atoms with van der Waals surface area (Å²) in [6, 6.07) is 7.53. The summed E-state index contributed by atoms with van der Waals surface area (Å²) in [6.07, 6.45) is 5.05.